The lowest BCUT2D eigenvalue weighted by Gasteiger charge is -2.10. The highest BCUT2D eigenvalue weighted by Gasteiger charge is 2.21. The van der Waals surface area contributed by atoms with E-state index in [0.717, 1.165) is 17.8 Å². The molecule has 0 aliphatic carbocycles. The molecule has 0 saturated carbocycles. The van der Waals surface area contributed by atoms with Crippen molar-refractivity contribution < 1.29 is 17.6 Å². The fourth-order valence-electron chi connectivity index (χ4n) is 1.58. The van der Waals surface area contributed by atoms with Gasteiger partial charge in [0.2, 0.25) is 10.0 Å². The van der Waals surface area contributed by atoms with Gasteiger partial charge in [0.05, 0.1) is 17.2 Å². The summed E-state index contributed by atoms with van der Waals surface area (Å²) in [4.78, 5) is 5.04. The third-order valence-electron chi connectivity index (χ3n) is 2.51. The molecule has 1 heterocycles. The molecule has 2 rings (SSSR count). The van der Waals surface area contributed by atoms with E-state index in [-0.39, 0.29) is 17.5 Å². The molecule has 1 aliphatic rings. The topological polar surface area (TPSA) is 67.8 Å². The molecule has 1 atom stereocenters. The summed E-state index contributed by atoms with van der Waals surface area (Å²) in [5.41, 5.74) is 0.834. The van der Waals surface area contributed by atoms with Crippen LogP contribution in [0.1, 0.15) is 13.3 Å². The van der Waals surface area contributed by atoms with Gasteiger partial charge in [0.25, 0.3) is 0 Å². The van der Waals surface area contributed by atoms with Crippen LogP contribution in [0.2, 0.25) is 0 Å². The summed E-state index contributed by atoms with van der Waals surface area (Å²) in [5.74, 6) is -0.475. The van der Waals surface area contributed by atoms with Crippen LogP contribution in [0.4, 0.5) is 4.39 Å². The quantitative estimate of drug-likeness (QED) is 0.897. The summed E-state index contributed by atoms with van der Waals surface area (Å²) in [6.07, 6.45) is 0.326. The minimum atomic E-state index is -3.63. The highest BCUT2D eigenvalue weighted by molar-refractivity contribution is 7.89. The molecule has 1 aliphatic heterocycles. The molecule has 1 N–H and O–H groups in total. The van der Waals surface area contributed by atoms with Crippen LogP contribution in [-0.4, -0.2) is 26.8 Å². The van der Waals surface area contributed by atoms with E-state index in [4.69, 9.17) is 4.84 Å². The van der Waals surface area contributed by atoms with Crippen molar-refractivity contribution in [1.82, 2.24) is 4.72 Å². The maximum absolute atomic E-state index is 12.7. The second kappa shape index (κ2) is 5.03. The molecule has 0 spiro atoms. The molecule has 1 aromatic carbocycles. The second-order valence-corrected chi connectivity index (χ2v) is 5.83. The Balaban J connectivity index is 1.98. The van der Waals surface area contributed by atoms with Crippen molar-refractivity contribution in [2.24, 2.45) is 5.16 Å². The molecule has 0 radical (unpaired) electrons. The van der Waals surface area contributed by atoms with Gasteiger partial charge in [-0.1, -0.05) is 5.16 Å². The van der Waals surface area contributed by atoms with Crippen LogP contribution in [0.15, 0.2) is 34.3 Å². The number of nitrogens with zero attached hydrogens (tertiary/aromatic N) is 1. The third-order valence-corrected chi connectivity index (χ3v) is 3.95. The summed E-state index contributed by atoms with van der Waals surface area (Å²) in [5, 5.41) is 3.73. The first-order valence-electron chi connectivity index (χ1n) is 5.42. The van der Waals surface area contributed by atoms with E-state index in [2.05, 4.69) is 9.88 Å². The number of benzene rings is 1. The first-order chi connectivity index (χ1) is 8.47. The zero-order valence-corrected chi connectivity index (χ0v) is 10.6. The molecule has 18 heavy (non-hydrogen) atoms. The third kappa shape index (κ3) is 3.05. The van der Waals surface area contributed by atoms with Gasteiger partial charge in [0.1, 0.15) is 11.9 Å². The monoisotopic (exact) mass is 272 g/mol. The average Bonchev–Trinajstić information content (AvgIpc) is 2.73. The van der Waals surface area contributed by atoms with E-state index in [1.807, 2.05) is 6.92 Å². The molecule has 1 aromatic rings. The van der Waals surface area contributed by atoms with Crippen LogP contribution in [0.25, 0.3) is 0 Å². The summed E-state index contributed by atoms with van der Waals surface area (Å²) in [6, 6.07) is 4.64. The number of sulfonamides is 1. The fourth-order valence-corrected chi connectivity index (χ4v) is 2.64. The highest BCUT2D eigenvalue weighted by atomic mass is 32.2. The van der Waals surface area contributed by atoms with E-state index >= 15 is 0 Å². The van der Waals surface area contributed by atoms with Crippen LogP contribution in [0.3, 0.4) is 0 Å². The van der Waals surface area contributed by atoms with Crippen molar-refractivity contribution in [3.63, 3.8) is 0 Å². The Morgan fingerprint density at radius 1 is 1.44 bits per heavy atom. The Labute approximate surface area is 105 Å². The molecule has 0 aromatic heterocycles. The summed E-state index contributed by atoms with van der Waals surface area (Å²) in [6.45, 7) is 1.95. The number of oxime groups is 1. The number of halogens is 1. The first kappa shape index (κ1) is 13.0. The van der Waals surface area contributed by atoms with Crippen molar-refractivity contribution >= 4 is 15.7 Å². The zero-order chi connectivity index (χ0) is 13.2. The minimum Gasteiger partial charge on any atom is -0.391 e. The molecule has 0 amide bonds. The second-order valence-electron chi connectivity index (χ2n) is 4.06. The first-order valence-corrected chi connectivity index (χ1v) is 6.90. The molecular formula is C11H13FN2O3S. The number of hydrogen-bond donors (Lipinski definition) is 1. The van der Waals surface area contributed by atoms with Gasteiger partial charge >= 0.3 is 0 Å². The largest absolute Gasteiger partial charge is 0.391 e. The number of rotatable bonds is 4. The Bertz CT molecular complexity index is 554. The number of hydrogen-bond acceptors (Lipinski definition) is 4. The predicted octanol–water partition coefficient (Wildman–Crippen LogP) is 1.27. The Morgan fingerprint density at radius 2 is 2.11 bits per heavy atom. The Morgan fingerprint density at radius 3 is 2.67 bits per heavy atom. The SMILES string of the molecule is CC1=NO[C@H](CNS(=O)(=O)c2ccc(F)cc2)C1. The van der Waals surface area contributed by atoms with E-state index in [1.165, 1.54) is 12.1 Å². The Kier molecular flexibility index (Phi) is 3.63. The summed E-state index contributed by atoms with van der Waals surface area (Å²) < 4.78 is 38.8. The summed E-state index contributed by atoms with van der Waals surface area (Å²) in [7, 11) is -3.63. The van der Waals surface area contributed by atoms with E-state index in [1.54, 1.807) is 0 Å². The van der Waals surface area contributed by atoms with Crippen molar-refractivity contribution in [3.8, 4) is 0 Å². The lowest BCUT2D eigenvalue weighted by atomic mass is 10.2. The van der Waals surface area contributed by atoms with Gasteiger partial charge in [0, 0.05) is 6.42 Å². The van der Waals surface area contributed by atoms with E-state index in [9.17, 15) is 12.8 Å². The Hall–Kier alpha value is -1.47. The van der Waals surface area contributed by atoms with Crippen LogP contribution in [0.5, 0.6) is 0 Å². The molecule has 0 saturated heterocycles. The molecule has 7 heteroatoms. The van der Waals surface area contributed by atoms with Crippen LogP contribution < -0.4 is 4.72 Å². The predicted molar refractivity (Wildman–Crippen MR) is 64.2 cm³/mol. The molecule has 98 valence electrons. The molecular weight excluding hydrogens is 259 g/mol. The molecule has 0 unspecified atom stereocenters. The maximum atomic E-state index is 12.7. The normalized spacial score (nSPS) is 19.4. The smallest absolute Gasteiger partial charge is 0.240 e. The van der Waals surface area contributed by atoms with E-state index in [0.29, 0.717) is 6.42 Å². The van der Waals surface area contributed by atoms with Crippen LogP contribution >= 0.6 is 0 Å². The molecule has 0 bridgehead atoms. The van der Waals surface area contributed by atoms with Crippen molar-refractivity contribution in [3.05, 3.63) is 30.1 Å². The minimum absolute atomic E-state index is 0.0273. The zero-order valence-electron chi connectivity index (χ0n) is 9.76. The fraction of sp³-hybridized carbons (Fsp3) is 0.364. The average molecular weight is 272 g/mol. The van der Waals surface area contributed by atoms with Gasteiger partial charge in [-0.3, -0.25) is 0 Å². The molecule has 0 fully saturated rings. The van der Waals surface area contributed by atoms with Gasteiger partial charge in [-0.15, -0.1) is 0 Å². The summed E-state index contributed by atoms with van der Waals surface area (Å²) >= 11 is 0. The van der Waals surface area contributed by atoms with Gasteiger partial charge in [-0.05, 0) is 31.2 Å². The van der Waals surface area contributed by atoms with E-state index < -0.39 is 15.8 Å². The van der Waals surface area contributed by atoms with Gasteiger partial charge in [-0.2, -0.15) is 0 Å². The van der Waals surface area contributed by atoms with Crippen molar-refractivity contribution in [2.75, 3.05) is 6.54 Å². The lowest BCUT2D eigenvalue weighted by Crippen LogP contribution is -2.32. The molecule has 5 nitrogen and oxygen atoms in total. The van der Waals surface area contributed by atoms with Gasteiger partial charge in [0.15, 0.2) is 0 Å². The van der Waals surface area contributed by atoms with Crippen molar-refractivity contribution in [2.45, 2.75) is 24.3 Å². The lowest BCUT2D eigenvalue weighted by molar-refractivity contribution is 0.0891. The number of nitrogens with one attached hydrogen (secondary N) is 1. The standard InChI is InChI=1S/C11H13FN2O3S/c1-8-6-10(17-14-8)7-13-18(15,16)11-4-2-9(12)3-5-11/h2-5,10,13H,6-7H2,1H3/t10-/m0/s1. The maximum Gasteiger partial charge on any atom is 0.240 e. The highest BCUT2D eigenvalue weighted by Crippen LogP contribution is 2.12. The van der Waals surface area contributed by atoms with Gasteiger partial charge in [-0.25, -0.2) is 17.5 Å². The van der Waals surface area contributed by atoms with Crippen LogP contribution in [-0.2, 0) is 14.9 Å². The van der Waals surface area contributed by atoms with Crippen molar-refractivity contribution in [1.29, 1.82) is 0 Å². The van der Waals surface area contributed by atoms with Crippen LogP contribution in [0, 0.1) is 5.82 Å². The van der Waals surface area contributed by atoms with Gasteiger partial charge < -0.3 is 4.84 Å².